The SMILES string of the molecule is CCOc1cccnc1Oc1ccc(C)cc1N. The quantitative estimate of drug-likeness (QED) is 0.839. The molecule has 2 rings (SSSR count). The van der Waals surface area contributed by atoms with Crippen LogP contribution in [0.5, 0.6) is 17.4 Å². The second-order valence-corrected chi connectivity index (χ2v) is 3.88. The number of pyridine rings is 1. The van der Waals surface area contributed by atoms with E-state index in [0.29, 0.717) is 29.7 Å². The normalized spacial score (nSPS) is 10.1. The molecule has 0 unspecified atom stereocenters. The third-order valence-electron chi connectivity index (χ3n) is 2.41. The number of aryl methyl sites for hydroxylation is 1. The first-order chi connectivity index (χ1) is 8.70. The average molecular weight is 244 g/mol. The lowest BCUT2D eigenvalue weighted by Gasteiger charge is -2.11. The summed E-state index contributed by atoms with van der Waals surface area (Å²) in [6, 6.07) is 9.25. The van der Waals surface area contributed by atoms with Crippen molar-refractivity contribution in [2.75, 3.05) is 12.3 Å². The van der Waals surface area contributed by atoms with Gasteiger partial charge in [0.15, 0.2) is 11.5 Å². The molecule has 0 atom stereocenters. The first-order valence-electron chi connectivity index (χ1n) is 5.82. The summed E-state index contributed by atoms with van der Waals surface area (Å²) in [5.74, 6) is 1.62. The fraction of sp³-hybridized carbons (Fsp3) is 0.214. The number of hydrogen-bond donors (Lipinski definition) is 1. The molecule has 0 radical (unpaired) electrons. The van der Waals surface area contributed by atoms with Crippen molar-refractivity contribution < 1.29 is 9.47 Å². The van der Waals surface area contributed by atoms with Crippen LogP contribution < -0.4 is 15.2 Å². The number of anilines is 1. The molecule has 0 amide bonds. The molecule has 1 aromatic heterocycles. The van der Waals surface area contributed by atoms with E-state index in [0.717, 1.165) is 5.56 Å². The second kappa shape index (κ2) is 5.40. The fourth-order valence-corrected chi connectivity index (χ4v) is 1.58. The molecule has 0 saturated heterocycles. The zero-order valence-corrected chi connectivity index (χ0v) is 10.5. The number of nitrogen functional groups attached to an aromatic ring is 1. The average Bonchev–Trinajstić information content (AvgIpc) is 2.35. The highest BCUT2D eigenvalue weighted by molar-refractivity contribution is 5.55. The van der Waals surface area contributed by atoms with Gasteiger partial charge < -0.3 is 15.2 Å². The Bertz CT molecular complexity index is 541. The Hall–Kier alpha value is -2.23. The lowest BCUT2D eigenvalue weighted by atomic mass is 10.2. The maximum Gasteiger partial charge on any atom is 0.262 e. The number of hydrogen-bond acceptors (Lipinski definition) is 4. The van der Waals surface area contributed by atoms with Crippen LogP contribution in [0.15, 0.2) is 36.5 Å². The van der Waals surface area contributed by atoms with E-state index in [1.807, 2.05) is 38.1 Å². The fourth-order valence-electron chi connectivity index (χ4n) is 1.58. The molecule has 4 heteroatoms. The van der Waals surface area contributed by atoms with Gasteiger partial charge in [-0.2, -0.15) is 0 Å². The molecule has 2 aromatic rings. The molecular weight excluding hydrogens is 228 g/mol. The number of aromatic nitrogens is 1. The maximum atomic E-state index is 5.90. The van der Waals surface area contributed by atoms with E-state index >= 15 is 0 Å². The van der Waals surface area contributed by atoms with Crippen LogP contribution in [0.1, 0.15) is 12.5 Å². The number of nitrogens with zero attached hydrogens (tertiary/aromatic N) is 1. The summed E-state index contributed by atoms with van der Waals surface area (Å²) in [4.78, 5) is 4.15. The topological polar surface area (TPSA) is 57.4 Å². The van der Waals surface area contributed by atoms with Gasteiger partial charge in [-0.15, -0.1) is 0 Å². The monoisotopic (exact) mass is 244 g/mol. The van der Waals surface area contributed by atoms with Gasteiger partial charge in [0.2, 0.25) is 0 Å². The molecule has 4 nitrogen and oxygen atoms in total. The molecule has 0 saturated carbocycles. The minimum Gasteiger partial charge on any atom is -0.488 e. The van der Waals surface area contributed by atoms with Crippen molar-refractivity contribution in [3.8, 4) is 17.4 Å². The Balaban J connectivity index is 2.28. The van der Waals surface area contributed by atoms with E-state index in [-0.39, 0.29) is 0 Å². The van der Waals surface area contributed by atoms with Crippen molar-refractivity contribution in [3.05, 3.63) is 42.1 Å². The molecule has 0 spiro atoms. The van der Waals surface area contributed by atoms with Gasteiger partial charge in [-0.1, -0.05) is 6.07 Å². The third-order valence-corrected chi connectivity index (χ3v) is 2.41. The lowest BCUT2D eigenvalue weighted by Crippen LogP contribution is -1.98. The predicted octanol–water partition coefficient (Wildman–Crippen LogP) is 3.16. The summed E-state index contributed by atoms with van der Waals surface area (Å²) in [6.45, 7) is 4.45. The largest absolute Gasteiger partial charge is 0.488 e. The van der Waals surface area contributed by atoms with E-state index in [1.165, 1.54) is 0 Å². The molecule has 18 heavy (non-hydrogen) atoms. The van der Waals surface area contributed by atoms with E-state index in [9.17, 15) is 0 Å². The molecule has 1 aromatic carbocycles. The van der Waals surface area contributed by atoms with Crippen molar-refractivity contribution in [1.82, 2.24) is 4.98 Å². The van der Waals surface area contributed by atoms with Crippen LogP contribution in [0.25, 0.3) is 0 Å². The highest BCUT2D eigenvalue weighted by Crippen LogP contribution is 2.32. The van der Waals surface area contributed by atoms with E-state index in [1.54, 1.807) is 12.3 Å². The predicted molar refractivity (Wildman–Crippen MR) is 71.1 cm³/mol. The molecule has 0 fully saturated rings. The number of benzene rings is 1. The lowest BCUT2D eigenvalue weighted by molar-refractivity contribution is 0.316. The Morgan fingerprint density at radius 2 is 2.06 bits per heavy atom. The van der Waals surface area contributed by atoms with Gasteiger partial charge in [-0.25, -0.2) is 4.98 Å². The molecule has 0 aliphatic rings. The highest BCUT2D eigenvalue weighted by Gasteiger charge is 2.08. The van der Waals surface area contributed by atoms with E-state index < -0.39 is 0 Å². The standard InChI is InChI=1S/C14H16N2O2/c1-3-17-13-5-4-8-16-14(13)18-12-7-6-10(2)9-11(12)15/h4-9H,3,15H2,1-2H3. The molecule has 0 bridgehead atoms. The van der Waals surface area contributed by atoms with Crippen LogP contribution in [0.3, 0.4) is 0 Å². The molecule has 0 aliphatic heterocycles. The van der Waals surface area contributed by atoms with Gasteiger partial charge in [0, 0.05) is 6.20 Å². The third kappa shape index (κ3) is 2.71. The minimum atomic E-state index is 0.426. The van der Waals surface area contributed by atoms with Gasteiger partial charge in [0.25, 0.3) is 5.88 Å². The van der Waals surface area contributed by atoms with Crippen molar-refractivity contribution >= 4 is 5.69 Å². The van der Waals surface area contributed by atoms with Gasteiger partial charge in [0.05, 0.1) is 12.3 Å². The zero-order chi connectivity index (χ0) is 13.0. The van der Waals surface area contributed by atoms with E-state index in [4.69, 9.17) is 15.2 Å². The zero-order valence-electron chi connectivity index (χ0n) is 10.5. The van der Waals surface area contributed by atoms with Crippen LogP contribution in [-0.4, -0.2) is 11.6 Å². The van der Waals surface area contributed by atoms with Crippen LogP contribution in [0.2, 0.25) is 0 Å². The highest BCUT2D eigenvalue weighted by atomic mass is 16.5. The molecule has 94 valence electrons. The van der Waals surface area contributed by atoms with Gasteiger partial charge in [-0.05, 0) is 43.7 Å². The van der Waals surface area contributed by atoms with Crippen molar-refractivity contribution in [2.45, 2.75) is 13.8 Å². The van der Waals surface area contributed by atoms with E-state index in [2.05, 4.69) is 4.98 Å². The summed E-state index contributed by atoms with van der Waals surface area (Å²) in [5, 5.41) is 0. The summed E-state index contributed by atoms with van der Waals surface area (Å²) in [7, 11) is 0. The number of nitrogens with two attached hydrogens (primary N) is 1. The first kappa shape index (κ1) is 12.2. The van der Waals surface area contributed by atoms with Crippen molar-refractivity contribution in [2.24, 2.45) is 0 Å². The summed E-state index contributed by atoms with van der Waals surface area (Å²) in [6.07, 6.45) is 1.65. The number of rotatable bonds is 4. The van der Waals surface area contributed by atoms with Gasteiger partial charge in [-0.3, -0.25) is 0 Å². The summed E-state index contributed by atoms with van der Waals surface area (Å²) in [5.41, 5.74) is 7.57. The molecular formula is C14H16N2O2. The Labute approximate surface area is 106 Å². The summed E-state index contributed by atoms with van der Waals surface area (Å²) < 4.78 is 11.1. The van der Waals surface area contributed by atoms with Gasteiger partial charge >= 0.3 is 0 Å². The van der Waals surface area contributed by atoms with Crippen LogP contribution in [0.4, 0.5) is 5.69 Å². The smallest absolute Gasteiger partial charge is 0.262 e. The Kier molecular flexibility index (Phi) is 3.67. The number of ether oxygens (including phenoxy) is 2. The Morgan fingerprint density at radius 1 is 1.22 bits per heavy atom. The second-order valence-electron chi connectivity index (χ2n) is 3.88. The maximum absolute atomic E-state index is 5.90. The molecule has 2 N–H and O–H groups in total. The van der Waals surface area contributed by atoms with Crippen LogP contribution in [0, 0.1) is 6.92 Å². The summed E-state index contributed by atoms with van der Waals surface area (Å²) >= 11 is 0. The molecule has 0 aliphatic carbocycles. The van der Waals surface area contributed by atoms with Gasteiger partial charge in [0.1, 0.15) is 0 Å². The first-order valence-corrected chi connectivity index (χ1v) is 5.82. The minimum absolute atomic E-state index is 0.426. The van der Waals surface area contributed by atoms with Crippen LogP contribution >= 0.6 is 0 Å². The Morgan fingerprint density at radius 3 is 2.78 bits per heavy atom. The van der Waals surface area contributed by atoms with Crippen molar-refractivity contribution in [1.29, 1.82) is 0 Å². The van der Waals surface area contributed by atoms with Crippen LogP contribution in [-0.2, 0) is 0 Å². The molecule has 1 heterocycles. The van der Waals surface area contributed by atoms with Crippen molar-refractivity contribution in [3.63, 3.8) is 0 Å².